The molecule has 1 heterocycles. The number of furan rings is 1. The monoisotopic (exact) mass is 373 g/mol. The van der Waals surface area contributed by atoms with Crippen molar-refractivity contribution in [1.82, 2.24) is 16.2 Å². The minimum absolute atomic E-state index is 0.0406. The molecule has 7 heteroatoms. The molecule has 0 saturated heterocycles. The number of hydrogen-bond acceptors (Lipinski definition) is 4. The standard InChI is InChI=1S/C20H27N3O4/c1-3-4-6-9-15(2)21-20(25)23-22-19(24)18-13-12-17(27-18)14-26-16-10-7-5-8-11-16/h5,7-8,10-13,15H,3-4,6,9,14H2,1-2H3,(H,22,24)(H2,21,23,25). The number of ether oxygens (including phenoxy) is 1. The van der Waals surface area contributed by atoms with Crippen molar-refractivity contribution < 1.29 is 18.7 Å². The molecule has 0 saturated carbocycles. The first-order chi connectivity index (χ1) is 13.1. The molecule has 1 atom stereocenters. The molecule has 146 valence electrons. The first-order valence-electron chi connectivity index (χ1n) is 9.22. The fourth-order valence-corrected chi connectivity index (χ4v) is 2.46. The third-order valence-corrected chi connectivity index (χ3v) is 3.92. The quantitative estimate of drug-likeness (QED) is 0.461. The van der Waals surface area contributed by atoms with Crippen LogP contribution < -0.4 is 20.9 Å². The summed E-state index contributed by atoms with van der Waals surface area (Å²) >= 11 is 0. The van der Waals surface area contributed by atoms with Gasteiger partial charge in [-0.1, -0.05) is 44.4 Å². The van der Waals surface area contributed by atoms with E-state index >= 15 is 0 Å². The number of carbonyl (C=O) groups is 2. The van der Waals surface area contributed by atoms with Gasteiger partial charge in [0.05, 0.1) is 0 Å². The number of amides is 3. The number of benzene rings is 1. The molecule has 1 aromatic heterocycles. The van der Waals surface area contributed by atoms with E-state index in [1.54, 1.807) is 6.07 Å². The summed E-state index contributed by atoms with van der Waals surface area (Å²) in [6, 6.07) is 12.1. The lowest BCUT2D eigenvalue weighted by Crippen LogP contribution is -2.49. The van der Waals surface area contributed by atoms with Crippen molar-refractivity contribution in [1.29, 1.82) is 0 Å². The second-order valence-corrected chi connectivity index (χ2v) is 6.32. The van der Waals surface area contributed by atoms with Crippen molar-refractivity contribution in [3.8, 4) is 5.75 Å². The van der Waals surface area contributed by atoms with Crippen LogP contribution in [0.2, 0.25) is 0 Å². The maximum Gasteiger partial charge on any atom is 0.333 e. The number of hydrogen-bond donors (Lipinski definition) is 3. The van der Waals surface area contributed by atoms with Crippen molar-refractivity contribution in [3.05, 3.63) is 54.0 Å². The molecular formula is C20H27N3O4. The second-order valence-electron chi connectivity index (χ2n) is 6.32. The summed E-state index contributed by atoms with van der Waals surface area (Å²) in [5, 5.41) is 2.77. The van der Waals surface area contributed by atoms with Crippen LogP contribution in [-0.4, -0.2) is 18.0 Å². The molecule has 0 bridgehead atoms. The zero-order valence-corrected chi connectivity index (χ0v) is 15.8. The lowest BCUT2D eigenvalue weighted by atomic mass is 10.1. The normalized spacial score (nSPS) is 11.5. The van der Waals surface area contributed by atoms with E-state index in [4.69, 9.17) is 9.15 Å². The fraction of sp³-hybridized carbons (Fsp3) is 0.400. The molecular weight excluding hydrogens is 346 g/mol. The Morgan fingerprint density at radius 1 is 1.07 bits per heavy atom. The van der Waals surface area contributed by atoms with Crippen LogP contribution in [0.1, 0.15) is 55.8 Å². The van der Waals surface area contributed by atoms with Crippen LogP contribution in [0, 0.1) is 0 Å². The third kappa shape index (κ3) is 7.43. The largest absolute Gasteiger partial charge is 0.486 e. The van der Waals surface area contributed by atoms with Crippen LogP contribution in [0.3, 0.4) is 0 Å². The summed E-state index contributed by atoms with van der Waals surface area (Å²) in [5.74, 6) is 0.789. The highest BCUT2D eigenvalue weighted by Crippen LogP contribution is 2.13. The lowest BCUT2D eigenvalue weighted by molar-refractivity contribution is 0.0904. The molecule has 0 radical (unpaired) electrons. The van der Waals surface area contributed by atoms with Crippen molar-refractivity contribution in [2.45, 2.75) is 52.2 Å². The smallest absolute Gasteiger partial charge is 0.333 e. The van der Waals surface area contributed by atoms with Gasteiger partial charge in [0.2, 0.25) is 0 Å². The van der Waals surface area contributed by atoms with Gasteiger partial charge in [-0.2, -0.15) is 0 Å². The van der Waals surface area contributed by atoms with Crippen LogP contribution >= 0.6 is 0 Å². The van der Waals surface area contributed by atoms with Gasteiger partial charge in [0.25, 0.3) is 0 Å². The number of urea groups is 1. The number of unbranched alkanes of at least 4 members (excludes halogenated alkanes) is 2. The summed E-state index contributed by atoms with van der Waals surface area (Å²) in [5.41, 5.74) is 4.65. The molecule has 2 rings (SSSR count). The maximum absolute atomic E-state index is 12.0. The Hall–Kier alpha value is -2.96. The van der Waals surface area contributed by atoms with Crippen LogP contribution in [0.4, 0.5) is 4.79 Å². The van der Waals surface area contributed by atoms with Gasteiger partial charge in [-0.15, -0.1) is 0 Å². The Labute approximate surface area is 159 Å². The molecule has 0 aliphatic heterocycles. The van der Waals surface area contributed by atoms with Gasteiger partial charge in [-0.25, -0.2) is 10.2 Å². The van der Waals surface area contributed by atoms with Gasteiger partial charge in [-0.05, 0) is 37.6 Å². The van der Waals surface area contributed by atoms with E-state index < -0.39 is 11.9 Å². The average Bonchev–Trinajstić information content (AvgIpc) is 3.14. The van der Waals surface area contributed by atoms with E-state index in [2.05, 4.69) is 23.1 Å². The fourth-order valence-electron chi connectivity index (χ4n) is 2.46. The summed E-state index contributed by atoms with van der Waals surface area (Å²) in [7, 11) is 0. The zero-order chi connectivity index (χ0) is 19.5. The van der Waals surface area contributed by atoms with Crippen molar-refractivity contribution in [3.63, 3.8) is 0 Å². The van der Waals surface area contributed by atoms with Crippen LogP contribution in [0.5, 0.6) is 5.75 Å². The molecule has 2 aromatic rings. The second kappa shape index (κ2) is 10.9. The molecule has 0 fully saturated rings. The predicted octanol–water partition coefficient (Wildman–Crippen LogP) is 3.77. The molecule has 3 N–H and O–H groups in total. The highest BCUT2D eigenvalue weighted by Gasteiger charge is 2.13. The molecule has 0 aliphatic rings. The maximum atomic E-state index is 12.0. The number of para-hydroxylation sites is 1. The molecule has 1 aromatic carbocycles. The molecule has 0 spiro atoms. The van der Waals surface area contributed by atoms with E-state index in [-0.39, 0.29) is 18.4 Å². The van der Waals surface area contributed by atoms with Gasteiger partial charge in [0.15, 0.2) is 5.76 Å². The lowest BCUT2D eigenvalue weighted by Gasteiger charge is -2.14. The van der Waals surface area contributed by atoms with Gasteiger partial charge >= 0.3 is 11.9 Å². The number of carbonyl (C=O) groups excluding carboxylic acids is 2. The number of hydrazine groups is 1. The topological polar surface area (TPSA) is 92.6 Å². The minimum Gasteiger partial charge on any atom is -0.486 e. The number of rotatable bonds is 9. The van der Waals surface area contributed by atoms with E-state index in [0.717, 1.165) is 25.7 Å². The van der Waals surface area contributed by atoms with Crippen LogP contribution in [0.15, 0.2) is 46.9 Å². The molecule has 3 amide bonds. The van der Waals surface area contributed by atoms with Gasteiger partial charge < -0.3 is 14.5 Å². The zero-order valence-electron chi connectivity index (χ0n) is 15.8. The SMILES string of the molecule is CCCCCC(C)NC(=O)NNC(=O)c1ccc(COc2ccccc2)o1. The van der Waals surface area contributed by atoms with Crippen molar-refractivity contribution in [2.24, 2.45) is 0 Å². The third-order valence-electron chi connectivity index (χ3n) is 3.92. The number of nitrogens with one attached hydrogen (secondary N) is 3. The first-order valence-corrected chi connectivity index (χ1v) is 9.22. The molecule has 27 heavy (non-hydrogen) atoms. The molecule has 7 nitrogen and oxygen atoms in total. The Kier molecular flexibility index (Phi) is 8.22. The Morgan fingerprint density at radius 3 is 2.59 bits per heavy atom. The van der Waals surface area contributed by atoms with E-state index in [1.165, 1.54) is 6.07 Å². The molecule has 0 aliphatic carbocycles. The van der Waals surface area contributed by atoms with Crippen LogP contribution in [0.25, 0.3) is 0 Å². The average molecular weight is 373 g/mol. The van der Waals surface area contributed by atoms with Crippen molar-refractivity contribution in [2.75, 3.05) is 0 Å². The van der Waals surface area contributed by atoms with Crippen LogP contribution in [-0.2, 0) is 6.61 Å². The van der Waals surface area contributed by atoms with E-state index in [0.29, 0.717) is 11.5 Å². The first kappa shape index (κ1) is 20.4. The van der Waals surface area contributed by atoms with E-state index in [1.807, 2.05) is 37.3 Å². The van der Waals surface area contributed by atoms with Gasteiger partial charge in [0.1, 0.15) is 18.1 Å². The Balaban J connectivity index is 1.71. The molecule has 1 unspecified atom stereocenters. The summed E-state index contributed by atoms with van der Waals surface area (Å²) in [6.07, 6.45) is 4.23. The Morgan fingerprint density at radius 2 is 1.85 bits per heavy atom. The highest BCUT2D eigenvalue weighted by atomic mass is 16.5. The summed E-state index contributed by atoms with van der Waals surface area (Å²) < 4.78 is 11.0. The summed E-state index contributed by atoms with van der Waals surface area (Å²) in [6.45, 7) is 4.28. The van der Waals surface area contributed by atoms with Gasteiger partial charge in [0, 0.05) is 6.04 Å². The van der Waals surface area contributed by atoms with E-state index in [9.17, 15) is 9.59 Å². The highest BCUT2D eigenvalue weighted by molar-refractivity contribution is 5.92. The Bertz CT molecular complexity index is 715. The minimum atomic E-state index is -0.533. The van der Waals surface area contributed by atoms with Gasteiger partial charge in [-0.3, -0.25) is 10.2 Å². The van der Waals surface area contributed by atoms with Crippen molar-refractivity contribution >= 4 is 11.9 Å². The predicted molar refractivity (Wildman–Crippen MR) is 102 cm³/mol. The summed E-state index contributed by atoms with van der Waals surface area (Å²) in [4.78, 5) is 23.8.